The molecule has 19 amide bonds. The summed E-state index contributed by atoms with van der Waals surface area (Å²) in [7, 11) is 0. The first-order valence-corrected chi connectivity index (χ1v) is 50.5. The van der Waals surface area contributed by atoms with Gasteiger partial charge >= 0.3 is 23.9 Å². The van der Waals surface area contributed by atoms with Crippen molar-refractivity contribution in [3.8, 4) is 5.75 Å². The highest BCUT2D eigenvalue weighted by molar-refractivity contribution is 7.98. The van der Waals surface area contributed by atoms with Gasteiger partial charge in [0.15, 0.2) is 5.96 Å². The van der Waals surface area contributed by atoms with Gasteiger partial charge in [0.1, 0.15) is 115 Å². The quantitative estimate of drug-likeness (QED) is 0.0127. The van der Waals surface area contributed by atoms with E-state index in [-0.39, 0.29) is 86.6 Å². The van der Waals surface area contributed by atoms with E-state index in [1.54, 1.807) is 84.4 Å². The van der Waals surface area contributed by atoms with Crippen molar-refractivity contribution in [2.24, 2.45) is 40.7 Å². The lowest BCUT2D eigenvalue weighted by Crippen LogP contribution is -2.63. The van der Waals surface area contributed by atoms with Gasteiger partial charge in [-0.25, -0.2) is 4.79 Å². The number of aromatic hydroxyl groups is 1. The van der Waals surface area contributed by atoms with Gasteiger partial charge in [0.25, 0.3) is 0 Å². The van der Waals surface area contributed by atoms with Crippen LogP contribution >= 0.6 is 48.8 Å². The normalized spacial score (nSPS) is 15.2. The van der Waals surface area contributed by atoms with Crippen LogP contribution in [-0.2, 0) is 123 Å². The number of carbonyl (C=O) groups excluding carboxylic acids is 19. The summed E-state index contributed by atoms with van der Waals surface area (Å²) < 4.78 is 0. The number of benzene rings is 2. The Hall–Kier alpha value is -13.4. The minimum Gasteiger partial charge on any atom is -0.508 e. The Morgan fingerprint density at radius 1 is 0.367 bits per heavy atom. The van der Waals surface area contributed by atoms with Crippen molar-refractivity contribution in [3.05, 3.63) is 65.7 Å². The van der Waals surface area contributed by atoms with Crippen LogP contribution in [0.2, 0.25) is 0 Å². The highest BCUT2D eigenvalue weighted by atomic mass is 32.2. The van der Waals surface area contributed by atoms with E-state index < -0.39 is 338 Å². The van der Waals surface area contributed by atoms with Crippen LogP contribution < -0.4 is 119 Å². The second-order valence-corrected chi connectivity index (χ2v) is 37.7. The molecule has 0 radical (unpaired) electrons. The second kappa shape index (κ2) is 67.4. The second-order valence-electron chi connectivity index (χ2n) is 35.0. The van der Waals surface area contributed by atoms with E-state index in [2.05, 4.69) is 110 Å². The third-order valence-electron chi connectivity index (χ3n) is 21.9. The average Bonchev–Trinajstić information content (AvgIpc) is 0.850. The first kappa shape index (κ1) is 130. The molecule has 147 heavy (non-hydrogen) atoms. The zero-order valence-corrected chi connectivity index (χ0v) is 85.9. The molecule has 0 aliphatic carbocycles. The summed E-state index contributed by atoms with van der Waals surface area (Å²) in [5.41, 5.74) is 22.5. The lowest BCUT2D eigenvalue weighted by molar-refractivity contribution is -0.143. The molecule has 54 nitrogen and oxygen atoms in total. The molecular formula is C89H139N23O31S4. The maximum absolute atomic E-state index is 14.9. The van der Waals surface area contributed by atoms with Crippen molar-refractivity contribution < 1.29 is 151 Å². The third kappa shape index (κ3) is 49.1. The van der Waals surface area contributed by atoms with Crippen LogP contribution in [-0.4, -0.2) is 353 Å². The number of nitrogens with one attached hydrogen (secondary N) is 19. The number of aliphatic hydroxyl groups excluding tert-OH is 3. The number of rotatable bonds is 71. The van der Waals surface area contributed by atoms with E-state index in [9.17, 15) is 151 Å². The van der Waals surface area contributed by atoms with Gasteiger partial charge in [0.2, 0.25) is 112 Å². The predicted octanol–water partition coefficient (Wildman–Crippen LogP) is -9.47. The van der Waals surface area contributed by atoms with E-state index in [4.69, 9.17) is 28.3 Å². The molecule has 0 spiro atoms. The monoisotopic (exact) mass is 2150 g/mol. The number of hydrogen-bond acceptors (Lipinski definition) is 33. The van der Waals surface area contributed by atoms with Crippen molar-refractivity contribution >= 4 is 191 Å². The molecule has 2 aromatic rings. The van der Waals surface area contributed by atoms with Gasteiger partial charge in [0, 0.05) is 37.3 Å². The van der Waals surface area contributed by atoms with E-state index in [0.29, 0.717) is 5.56 Å². The van der Waals surface area contributed by atoms with Crippen molar-refractivity contribution in [1.29, 1.82) is 5.41 Å². The molecule has 35 N–H and O–H groups in total. The number of guanidine groups is 1. The summed E-state index contributed by atoms with van der Waals surface area (Å²) in [6.07, 6.45) is -6.32. The molecule has 2 aromatic carbocycles. The number of thioether (sulfide) groups is 2. The summed E-state index contributed by atoms with van der Waals surface area (Å²) in [6.45, 7) is 8.60. The van der Waals surface area contributed by atoms with Gasteiger partial charge in [-0.2, -0.15) is 48.8 Å². The fraction of sp³-hybridized carbons (Fsp3) is 0.596. The van der Waals surface area contributed by atoms with Gasteiger partial charge < -0.3 is 159 Å². The lowest BCUT2D eigenvalue weighted by Gasteiger charge is -2.30. The van der Waals surface area contributed by atoms with Crippen LogP contribution in [0.3, 0.4) is 0 Å². The fourth-order valence-corrected chi connectivity index (χ4v) is 15.3. The Morgan fingerprint density at radius 2 is 0.687 bits per heavy atom. The van der Waals surface area contributed by atoms with Crippen LogP contribution in [0.4, 0.5) is 0 Å². The first-order chi connectivity index (χ1) is 69.1. The summed E-state index contributed by atoms with van der Waals surface area (Å²) in [4.78, 5) is 314. The smallest absolute Gasteiger partial charge is 0.326 e. The van der Waals surface area contributed by atoms with Gasteiger partial charge in [0.05, 0.1) is 45.0 Å². The number of carboxylic acids is 4. The molecule has 0 heterocycles. The van der Waals surface area contributed by atoms with Crippen molar-refractivity contribution in [1.82, 2.24) is 95.7 Å². The highest BCUT2D eigenvalue weighted by Gasteiger charge is 2.42. The molecule has 0 fully saturated rings. The number of nitrogens with two attached hydrogens (primary N) is 4. The molecule has 0 bridgehead atoms. The predicted molar refractivity (Wildman–Crippen MR) is 536 cm³/mol. The number of primary amides is 2. The number of aliphatic hydroxyl groups is 3. The molecular weight excluding hydrogens is 2020 g/mol. The number of carboxylic acid groups (broad SMARTS) is 4. The molecule has 0 saturated heterocycles. The number of phenols is 1. The largest absolute Gasteiger partial charge is 0.508 e. The Labute approximate surface area is 865 Å². The number of amides is 19. The Morgan fingerprint density at radius 3 is 1.07 bits per heavy atom. The zero-order chi connectivity index (χ0) is 111. The molecule has 0 aliphatic heterocycles. The van der Waals surface area contributed by atoms with E-state index in [1.807, 2.05) is 10.6 Å². The minimum absolute atomic E-state index is 0.0549. The maximum atomic E-state index is 14.9. The maximum Gasteiger partial charge on any atom is 0.326 e. The van der Waals surface area contributed by atoms with Crippen LogP contribution in [0.25, 0.3) is 0 Å². The van der Waals surface area contributed by atoms with Crippen molar-refractivity contribution in [2.75, 3.05) is 55.3 Å². The molecule has 0 aromatic heterocycles. The Bertz CT molecular complexity index is 4840. The van der Waals surface area contributed by atoms with Gasteiger partial charge in [-0.1, -0.05) is 90.4 Å². The lowest BCUT2D eigenvalue weighted by atomic mass is 9.96. The molecule has 58 heteroatoms. The van der Waals surface area contributed by atoms with Crippen LogP contribution in [0.15, 0.2) is 54.6 Å². The molecule has 2 rings (SSSR count). The van der Waals surface area contributed by atoms with Crippen LogP contribution in [0.1, 0.15) is 143 Å². The van der Waals surface area contributed by atoms with E-state index in [0.717, 1.165) is 18.7 Å². The highest BCUT2D eigenvalue weighted by Crippen LogP contribution is 2.19. The van der Waals surface area contributed by atoms with E-state index in [1.165, 1.54) is 36.0 Å². The average molecular weight is 2160 g/mol. The third-order valence-corrected chi connectivity index (χ3v) is 23.9. The molecule has 0 unspecified atom stereocenters. The number of hydrogen-bond donors (Lipinski definition) is 33. The topological polar surface area (TPSA) is 899 Å². The van der Waals surface area contributed by atoms with Crippen molar-refractivity contribution in [3.63, 3.8) is 0 Å². The van der Waals surface area contributed by atoms with Gasteiger partial charge in [-0.3, -0.25) is 111 Å². The van der Waals surface area contributed by atoms with E-state index >= 15 is 0 Å². The number of carbonyl (C=O) groups is 23. The Kier molecular flexibility index (Phi) is 59.4. The summed E-state index contributed by atoms with van der Waals surface area (Å²) in [6, 6.07) is -19.1. The summed E-state index contributed by atoms with van der Waals surface area (Å²) >= 11 is 10.7. The van der Waals surface area contributed by atoms with Crippen molar-refractivity contribution in [2.45, 2.75) is 260 Å². The Balaban J connectivity index is 2.64. The summed E-state index contributed by atoms with van der Waals surface area (Å²) in [5.74, 6) is -32.4. The van der Waals surface area contributed by atoms with Gasteiger partial charge in [-0.15, -0.1) is 0 Å². The van der Waals surface area contributed by atoms with Crippen LogP contribution in [0.5, 0.6) is 5.75 Å². The molecule has 820 valence electrons. The molecule has 0 saturated carbocycles. The standard InChI is InChI=1S/C89H139N23O31S4/c1-10-43(6)69(86(140)110-63(40-145)85(139)108-61(38-114)83(137)104-56(33-65(92)118)77(131)107-60(88(142)143)30-42(4)5)111-82(136)55(31-45-15-12-11-13-16-45)103-74(128)51(24-27-146-8)97-72(126)49(17-14-26-95-89(93)94)99-87(141)70(44(7)115)112-81(135)53(29-41(2)3)101-73(127)50(22-23-64(91)117)96-78(132)58(35-67(121)122)105-76(130)54(32-46-18-20-47(116)21-19-46)102-75(129)52(25-28-147-9)98-84(138)62(39-144)109-80(134)59(36-68(123)124)106-79(133)57(34-66(119)120)100-71(125)48(90)37-113/h11-13,15-16,18-21,41-44,48-63,69-70,113-116,144-145H,10,14,17,22-40,90H2,1-9H3,(H2,91,117)(H2,92,118)(H,96,132)(H,97,126)(H,98,138)(H,99,141)(H,100,125)(H,101,127)(H,102,129)(H,103,128)(H,104,137)(H,105,130)(H,106,133)(H,107,131)(H,108,139)(H,109,134)(H,110,140)(H,111,136)(H,112,135)(H,119,120)(H,121,122)(H,123,124)(H,142,143)(H4,93,94,95)/t43-,44+,48-,49-,50-,51-,52-,53-,54-,55-,56-,57-,58-,59-,60-,61-,62-,63-,69-,70-/m0/s1. The number of phenolic OH excluding ortho intramolecular Hbond substituents is 1. The summed E-state index contributed by atoms with van der Waals surface area (Å²) in [5, 5.41) is 130. The number of aliphatic carboxylic acids is 4. The zero-order valence-electron chi connectivity index (χ0n) is 82.4. The SMILES string of the molecule is CC[C@H](C)[C@H](NC(=O)[C@H](Cc1ccccc1)NC(=O)[C@H](CCSC)NC(=O)[C@H](CCCNC(=N)N)NC(=O)[C@@H](NC(=O)[C@H](CC(C)C)NC(=O)[C@H](CCC(N)=O)NC(=O)[C@H](CC(=O)O)NC(=O)[C@H](Cc1ccc(O)cc1)NC(=O)[C@H](CCSC)NC(=O)[C@H](CS)NC(=O)[C@H](CC(=O)O)NC(=O)[C@H](CC(=O)O)NC(=O)[C@@H](N)CO)[C@@H](C)O)C(=O)N[C@@H](CS)C(=O)N[C@@H](CO)C(=O)N[C@@H](CC(N)=O)C(=O)N[C@@H](CC(C)C)C(=O)O. The number of thiol groups is 2. The molecule has 0 aliphatic rings. The molecule has 20 atom stereocenters. The first-order valence-electron chi connectivity index (χ1n) is 46.4. The fourth-order valence-electron chi connectivity index (χ4n) is 13.8. The van der Waals surface area contributed by atoms with Gasteiger partial charge in [-0.05, 0) is 117 Å². The minimum atomic E-state index is -2.21. The van der Waals surface area contributed by atoms with Crippen LogP contribution in [0, 0.1) is 23.2 Å².